The quantitative estimate of drug-likeness (QED) is 0.309. The number of rotatable bonds is 8. The summed E-state index contributed by atoms with van der Waals surface area (Å²) in [6.45, 7) is 5.13. The molecular formula is C30H31ClN6O2. The van der Waals surface area contributed by atoms with Crippen LogP contribution >= 0.6 is 11.6 Å². The second-order valence-electron chi connectivity index (χ2n) is 10.4. The van der Waals surface area contributed by atoms with Gasteiger partial charge in [-0.25, -0.2) is 9.97 Å². The Morgan fingerprint density at radius 2 is 1.90 bits per heavy atom. The molecule has 0 radical (unpaired) electrons. The van der Waals surface area contributed by atoms with Crippen LogP contribution in [0.2, 0.25) is 5.02 Å². The Morgan fingerprint density at radius 1 is 1.05 bits per heavy atom. The first kappa shape index (κ1) is 25.8. The van der Waals surface area contributed by atoms with E-state index in [1.165, 1.54) is 0 Å². The lowest BCUT2D eigenvalue weighted by Crippen LogP contribution is -2.38. The van der Waals surface area contributed by atoms with Gasteiger partial charge in [-0.1, -0.05) is 23.7 Å². The van der Waals surface area contributed by atoms with Crippen LogP contribution in [0.15, 0.2) is 54.7 Å². The minimum Gasteiger partial charge on any atom is -0.474 e. The third-order valence-corrected chi connectivity index (χ3v) is 7.82. The first-order valence-electron chi connectivity index (χ1n) is 13.6. The summed E-state index contributed by atoms with van der Waals surface area (Å²) in [5.74, 6) is 2.90. The third-order valence-electron chi connectivity index (χ3n) is 7.56. The van der Waals surface area contributed by atoms with Crippen LogP contribution in [0, 0.1) is 17.2 Å². The van der Waals surface area contributed by atoms with E-state index in [4.69, 9.17) is 26.1 Å². The van der Waals surface area contributed by atoms with Gasteiger partial charge in [-0.05, 0) is 55.2 Å². The van der Waals surface area contributed by atoms with E-state index in [2.05, 4.69) is 25.5 Å². The third kappa shape index (κ3) is 6.22. The molecule has 0 saturated carbocycles. The van der Waals surface area contributed by atoms with Crippen LogP contribution in [0.4, 0.5) is 0 Å². The first-order valence-corrected chi connectivity index (χ1v) is 13.9. The van der Waals surface area contributed by atoms with Crippen LogP contribution in [-0.2, 0) is 24.2 Å². The van der Waals surface area contributed by atoms with E-state index in [1.54, 1.807) is 6.20 Å². The Bertz CT molecular complexity index is 1470. The Hall–Kier alpha value is -3.51. The summed E-state index contributed by atoms with van der Waals surface area (Å²) >= 11 is 6.00. The molecule has 0 amide bonds. The zero-order valence-corrected chi connectivity index (χ0v) is 22.6. The molecule has 39 heavy (non-hydrogen) atoms. The van der Waals surface area contributed by atoms with Gasteiger partial charge in [-0.15, -0.1) is 0 Å². The molecule has 2 aliphatic heterocycles. The molecule has 0 unspecified atom stereocenters. The number of aromatic nitrogens is 4. The van der Waals surface area contributed by atoms with Gasteiger partial charge in [0.05, 0.1) is 35.8 Å². The lowest BCUT2D eigenvalue weighted by molar-refractivity contribution is 0.0908. The van der Waals surface area contributed by atoms with Crippen molar-refractivity contribution < 1.29 is 9.47 Å². The number of nitrogens with zero attached hydrogens (tertiary/aromatic N) is 6. The van der Waals surface area contributed by atoms with E-state index in [0.29, 0.717) is 23.8 Å². The van der Waals surface area contributed by atoms with Gasteiger partial charge in [-0.2, -0.15) is 10.2 Å². The number of fused-ring (bicyclic) bond motifs is 1. The lowest BCUT2D eigenvalue weighted by Gasteiger charge is -2.31. The van der Waals surface area contributed by atoms with Crippen LogP contribution in [0.1, 0.15) is 42.0 Å². The minimum atomic E-state index is 0.118. The van der Waals surface area contributed by atoms with Gasteiger partial charge in [0.25, 0.3) is 0 Å². The van der Waals surface area contributed by atoms with Crippen molar-refractivity contribution in [3.8, 4) is 11.9 Å². The van der Waals surface area contributed by atoms with Crippen LogP contribution in [0.25, 0.3) is 11.0 Å². The summed E-state index contributed by atoms with van der Waals surface area (Å²) in [7, 11) is 0. The van der Waals surface area contributed by atoms with Crippen molar-refractivity contribution in [2.75, 3.05) is 26.3 Å². The molecule has 0 bridgehead atoms. The van der Waals surface area contributed by atoms with E-state index in [9.17, 15) is 5.26 Å². The van der Waals surface area contributed by atoms with Gasteiger partial charge in [-0.3, -0.25) is 4.90 Å². The van der Waals surface area contributed by atoms with E-state index in [0.717, 1.165) is 91.9 Å². The Balaban J connectivity index is 1.09. The normalized spacial score (nSPS) is 18.4. The maximum Gasteiger partial charge on any atom is 0.216 e. The Labute approximate surface area is 233 Å². The molecule has 200 valence electrons. The van der Waals surface area contributed by atoms with Gasteiger partial charge < -0.3 is 14.0 Å². The number of hydrogen-bond acceptors (Lipinski definition) is 7. The highest BCUT2D eigenvalue weighted by atomic mass is 35.5. The molecule has 9 heteroatoms. The van der Waals surface area contributed by atoms with Gasteiger partial charge in [0, 0.05) is 55.9 Å². The fourth-order valence-electron chi connectivity index (χ4n) is 5.43. The van der Waals surface area contributed by atoms with Crippen molar-refractivity contribution in [2.45, 2.75) is 44.9 Å². The van der Waals surface area contributed by atoms with E-state index < -0.39 is 0 Å². The van der Waals surface area contributed by atoms with Crippen molar-refractivity contribution in [2.24, 2.45) is 5.92 Å². The number of piperidine rings is 1. The summed E-state index contributed by atoms with van der Waals surface area (Å²) in [6.07, 6.45) is 5.43. The van der Waals surface area contributed by atoms with Crippen molar-refractivity contribution in [1.82, 2.24) is 24.4 Å². The van der Waals surface area contributed by atoms with Crippen LogP contribution in [0.3, 0.4) is 0 Å². The molecule has 4 aromatic rings. The molecule has 2 fully saturated rings. The summed E-state index contributed by atoms with van der Waals surface area (Å²) in [4.78, 5) is 16.5. The van der Waals surface area contributed by atoms with E-state index >= 15 is 0 Å². The lowest BCUT2D eigenvalue weighted by atomic mass is 10.1. The number of benzene rings is 2. The van der Waals surface area contributed by atoms with Crippen molar-refractivity contribution in [3.05, 3.63) is 82.5 Å². The Kier molecular flexibility index (Phi) is 7.73. The average Bonchev–Trinajstić information content (AvgIpc) is 3.59. The van der Waals surface area contributed by atoms with Crippen LogP contribution < -0.4 is 4.74 Å². The summed E-state index contributed by atoms with van der Waals surface area (Å²) in [6, 6.07) is 17.6. The highest BCUT2D eigenvalue weighted by Crippen LogP contribution is 2.25. The monoisotopic (exact) mass is 542 g/mol. The molecule has 4 heterocycles. The SMILES string of the molecule is N#Cc1ccc2c(c1)nc(CN1CCC(Oc3ccnc(Cc4ccc(Cl)cc4)n3)CC1)n2C[C@H]1CCOC1. The number of halogens is 1. The molecule has 0 spiro atoms. The summed E-state index contributed by atoms with van der Waals surface area (Å²) in [5.41, 5.74) is 3.73. The van der Waals surface area contributed by atoms with Crippen LogP contribution in [0.5, 0.6) is 5.88 Å². The fraction of sp³-hybridized carbons (Fsp3) is 0.400. The number of likely N-dealkylation sites (tertiary alicyclic amines) is 1. The smallest absolute Gasteiger partial charge is 0.216 e. The van der Waals surface area contributed by atoms with Crippen molar-refractivity contribution in [3.63, 3.8) is 0 Å². The maximum absolute atomic E-state index is 9.35. The summed E-state index contributed by atoms with van der Waals surface area (Å²) in [5, 5.41) is 10.1. The van der Waals surface area contributed by atoms with Gasteiger partial charge >= 0.3 is 0 Å². The zero-order chi connectivity index (χ0) is 26.6. The fourth-order valence-corrected chi connectivity index (χ4v) is 5.56. The van der Waals surface area contributed by atoms with Crippen molar-refractivity contribution >= 4 is 22.6 Å². The first-order chi connectivity index (χ1) is 19.1. The van der Waals surface area contributed by atoms with Crippen LogP contribution in [-0.4, -0.2) is 56.8 Å². The second kappa shape index (κ2) is 11.7. The molecular weight excluding hydrogens is 512 g/mol. The molecule has 8 nitrogen and oxygen atoms in total. The predicted molar refractivity (Wildman–Crippen MR) is 149 cm³/mol. The van der Waals surface area contributed by atoms with Gasteiger partial charge in [0.1, 0.15) is 17.8 Å². The average molecular weight is 543 g/mol. The molecule has 2 aromatic heterocycles. The highest BCUT2D eigenvalue weighted by molar-refractivity contribution is 6.30. The van der Waals surface area contributed by atoms with Gasteiger partial charge in [0.15, 0.2) is 0 Å². The second-order valence-corrected chi connectivity index (χ2v) is 10.8. The largest absolute Gasteiger partial charge is 0.474 e. The molecule has 2 aromatic carbocycles. The maximum atomic E-state index is 9.35. The highest BCUT2D eigenvalue weighted by Gasteiger charge is 2.25. The number of imidazole rings is 1. The molecule has 2 saturated heterocycles. The predicted octanol–water partition coefficient (Wildman–Crippen LogP) is 5.02. The molecule has 0 aliphatic carbocycles. The Morgan fingerprint density at radius 3 is 2.67 bits per heavy atom. The summed E-state index contributed by atoms with van der Waals surface area (Å²) < 4.78 is 14.2. The standard InChI is InChI=1S/C30H31ClN6O2/c31-24-4-1-21(2-5-24)16-28-33-11-7-30(35-28)39-25-8-12-36(13-9-25)19-29-34-26-15-22(17-32)3-6-27(26)37(29)18-23-10-14-38-20-23/h1-7,11,15,23,25H,8-10,12-14,16,18-20H2/t23-/m1/s1. The van der Waals surface area contributed by atoms with Gasteiger partial charge in [0.2, 0.25) is 5.88 Å². The number of hydrogen-bond donors (Lipinski definition) is 0. The van der Waals surface area contributed by atoms with E-state index in [-0.39, 0.29) is 6.10 Å². The van der Waals surface area contributed by atoms with E-state index in [1.807, 2.05) is 48.5 Å². The number of ether oxygens (including phenoxy) is 2. The topological polar surface area (TPSA) is 89.1 Å². The number of nitriles is 1. The zero-order valence-electron chi connectivity index (χ0n) is 21.8. The molecule has 6 rings (SSSR count). The molecule has 2 aliphatic rings. The molecule has 1 atom stereocenters. The molecule has 0 N–H and O–H groups in total. The van der Waals surface area contributed by atoms with Crippen molar-refractivity contribution in [1.29, 1.82) is 5.26 Å². The minimum absolute atomic E-state index is 0.118.